The van der Waals surface area contributed by atoms with E-state index >= 15 is 0 Å². The molecule has 1 aromatic rings. The van der Waals surface area contributed by atoms with Gasteiger partial charge in [0.1, 0.15) is 5.82 Å². The molecule has 2 rings (SSSR count). The first-order valence-corrected chi connectivity index (χ1v) is 7.11. The second-order valence-corrected chi connectivity index (χ2v) is 5.42. The number of hydrogen-bond acceptors (Lipinski definition) is 4. The Morgan fingerprint density at radius 1 is 1.57 bits per heavy atom. The van der Waals surface area contributed by atoms with Gasteiger partial charge in [-0.15, -0.1) is 0 Å². The number of halogens is 1. The van der Waals surface area contributed by atoms with Crippen LogP contribution in [0.2, 0.25) is 0 Å². The zero-order valence-corrected chi connectivity index (χ0v) is 12.4. The fraction of sp³-hybridized carbons (Fsp3) is 0.533. The molecule has 0 bridgehead atoms. The SMILES string of the molecule is COCCN(c1ccc(C(N)=NO)cc1F)C(C)C1CC1. The molecule has 3 N–H and O–H groups in total. The van der Waals surface area contributed by atoms with Crippen molar-refractivity contribution in [2.45, 2.75) is 25.8 Å². The highest BCUT2D eigenvalue weighted by atomic mass is 19.1. The summed E-state index contributed by atoms with van der Waals surface area (Å²) in [6.45, 7) is 3.29. The normalized spacial score (nSPS) is 16.8. The Bertz CT molecular complexity index is 518. The highest BCUT2D eigenvalue weighted by Gasteiger charge is 2.33. The van der Waals surface area contributed by atoms with Gasteiger partial charge in [0.05, 0.1) is 12.3 Å². The summed E-state index contributed by atoms with van der Waals surface area (Å²) in [7, 11) is 1.64. The van der Waals surface area contributed by atoms with E-state index in [0.717, 1.165) is 0 Å². The summed E-state index contributed by atoms with van der Waals surface area (Å²) in [5, 5.41) is 11.5. The third-order valence-electron chi connectivity index (χ3n) is 3.99. The van der Waals surface area contributed by atoms with Crippen molar-refractivity contribution in [1.29, 1.82) is 0 Å². The minimum Gasteiger partial charge on any atom is -0.409 e. The van der Waals surface area contributed by atoms with Gasteiger partial charge in [0.15, 0.2) is 5.84 Å². The van der Waals surface area contributed by atoms with Crippen LogP contribution < -0.4 is 10.6 Å². The lowest BCUT2D eigenvalue weighted by Gasteiger charge is -2.31. The van der Waals surface area contributed by atoms with Gasteiger partial charge in [-0.25, -0.2) is 4.39 Å². The molecule has 1 aliphatic rings. The van der Waals surface area contributed by atoms with Gasteiger partial charge < -0.3 is 20.6 Å². The molecule has 0 amide bonds. The van der Waals surface area contributed by atoms with Crippen molar-refractivity contribution in [1.82, 2.24) is 0 Å². The van der Waals surface area contributed by atoms with Crippen LogP contribution in [0.25, 0.3) is 0 Å². The number of methoxy groups -OCH3 is 1. The maximum atomic E-state index is 14.4. The Kier molecular flexibility index (Phi) is 5.01. The summed E-state index contributed by atoms with van der Waals surface area (Å²) in [5.74, 6) is 0.145. The lowest BCUT2D eigenvalue weighted by atomic mass is 10.1. The van der Waals surface area contributed by atoms with Crippen molar-refractivity contribution in [3.63, 3.8) is 0 Å². The minimum atomic E-state index is -0.372. The molecule has 1 aromatic carbocycles. The molecule has 0 aliphatic heterocycles. The van der Waals surface area contributed by atoms with Crippen LogP contribution in [0.3, 0.4) is 0 Å². The second-order valence-electron chi connectivity index (χ2n) is 5.42. The molecule has 0 heterocycles. The lowest BCUT2D eigenvalue weighted by molar-refractivity contribution is 0.202. The molecular formula is C15H22FN3O2. The molecule has 116 valence electrons. The third-order valence-corrected chi connectivity index (χ3v) is 3.99. The van der Waals surface area contributed by atoms with Gasteiger partial charge in [-0.2, -0.15) is 0 Å². The van der Waals surface area contributed by atoms with E-state index in [1.165, 1.54) is 18.9 Å². The van der Waals surface area contributed by atoms with E-state index in [9.17, 15) is 4.39 Å². The number of nitrogens with two attached hydrogens (primary N) is 1. The predicted octanol–water partition coefficient (Wildman–Crippen LogP) is 2.17. The highest BCUT2D eigenvalue weighted by Crippen LogP contribution is 2.37. The largest absolute Gasteiger partial charge is 0.409 e. The predicted molar refractivity (Wildman–Crippen MR) is 80.3 cm³/mol. The first-order chi connectivity index (χ1) is 10.1. The second kappa shape index (κ2) is 6.76. The van der Waals surface area contributed by atoms with Crippen LogP contribution in [0.1, 0.15) is 25.3 Å². The van der Waals surface area contributed by atoms with Crippen molar-refractivity contribution in [3.05, 3.63) is 29.6 Å². The number of amidine groups is 1. The van der Waals surface area contributed by atoms with Crippen LogP contribution in [-0.4, -0.2) is 37.3 Å². The summed E-state index contributed by atoms with van der Waals surface area (Å²) < 4.78 is 19.5. The molecule has 1 unspecified atom stereocenters. The van der Waals surface area contributed by atoms with Crippen LogP contribution in [0, 0.1) is 11.7 Å². The molecule has 1 atom stereocenters. The van der Waals surface area contributed by atoms with Crippen LogP contribution in [0.15, 0.2) is 23.4 Å². The monoisotopic (exact) mass is 295 g/mol. The van der Waals surface area contributed by atoms with E-state index in [1.807, 2.05) is 4.90 Å². The van der Waals surface area contributed by atoms with Gasteiger partial charge in [-0.1, -0.05) is 5.16 Å². The molecule has 1 saturated carbocycles. The molecule has 6 heteroatoms. The quantitative estimate of drug-likeness (QED) is 0.350. The van der Waals surface area contributed by atoms with Crippen LogP contribution in [0.5, 0.6) is 0 Å². The lowest BCUT2D eigenvalue weighted by Crippen LogP contribution is -2.38. The van der Waals surface area contributed by atoms with E-state index in [4.69, 9.17) is 15.7 Å². The molecule has 0 saturated heterocycles. The van der Waals surface area contributed by atoms with Gasteiger partial charge in [0.2, 0.25) is 0 Å². The van der Waals surface area contributed by atoms with Gasteiger partial charge >= 0.3 is 0 Å². The minimum absolute atomic E-state index is 0.0980. The number of oxime groups is 1. The van der Waals surface area contributed by atoms with E-state index in [1.54, 1.807) is 19.2 Å². The Balaban J connectivity index is 2.26. The van der Waals surface area contributed by atoms with Crippen molar-refractivity contribution >= 4 is 11.5 Å². The van der Waals surface area contributed by atoms with Gasteiger partial charge in [0.25, 0.3) is 0 Å². The maximum absolute atomic E-state index is 14.4. The molecular weight excluding hydrogens is 273 g/mol. The molecule has 21 heavy (non-hydrogen) atoms. The Morgan fingerprint density at radius 3 is 2.81 bits per heavy atom. The summed E-state index contributed by atoms with van der Waals surface area (Å²) >= 11 is 0. The van der Waals surface area contributed by atoms with E-state index in [0.29, 0.717) is 30.3 Å². The molecule has 0 spiro atoms. The van der Waals surface area contributed by atoms with Crippen molar-refractivity contribution in [2.75, 3.05) is 25.2 Å². The van der Waals surface area contributed by atoms with Crippen molar-refractivity contribution in [2.24, 2.45) is 16.8 Å². The first-order valence-electron chi connectivity index (χ1n) is 7.11. The summed E-state index contributed by atoms with van der Waals surface area (Å²) in [5.41, 5.74) is 6.38. The van der Waals surface area contributed by atoms with Crippen LogP contribution in [0.4, 0.5) is 10.1 Å². The molecule has 1 fully saturated rings. The number of rotatable bonds is 7. The fourth-order valence-electron chi connectivity index (χ4n) is 2.52. The number of ether oxygens (including phenoxy) is 1. The summed E-state index contributed by atoms with van der Waals surface area (Å²) in [6.07, 6.45) is 2.38. The van der Waals surface area contributed by atoms with Crippen LogP contribution >= 0.6 is 0 Å². The van der Waals surface area contributed by atoms with Gasteiger partial charge in [0, 0.05) is 25.3 Å². The number of anilines is 1. The molecule has 5 nitrogen and oxygen atoms in total. The average molecular weight is 295 g/mol. The topological polar surface area (TPSA) is 71.1 Å². The van der Waals surface area contributed by atoms with Gasteiger partial charge in [-0.05, 0) is 43.9 Å². The van der Waals surface area contributed by atoms with Crippen molar-refractivity contribution < 1.29 is 14.3 Å². The highest BCUT2D eigenvalue weighted by molar-refractivity contribution is 5.97. The van der Waals surface area contributed by atoms with E-state index in [2.05, 4.69) is 12.1 Å². The zero-order chi connectivity index (χ0) is 15.4. The first kappa shape index (κ1) is 15.6. The Morgan fingerprint density at radius 2 is 2.29 bits per heavy atom. The molecule has 1 aliphatic carbocycles. The Labute approximate surface area is 124 Å². The van der Waals surface area contributed by atoms with E-state index < -0.39 is 0 Å². The van der Waals surface area contributed by atoms with Gasteiger partial charge in [-0.3, -0.25) is 0 Å². The molecule has 0 radical (unpaired) electrons. The summed E-state index contributed by atoms with van der Waals surface area (Å²) in [4.78, 5) is 2.03. The standard InChI is InChI=1S/C15H22FN3O2/c1-10(11-3-4-11)19(7-8-21-2)14-6-5-12(9-13(14)16)15(17)18-20/h5-6,9-11,20H,3-4,7-8H2,1-2H3,(H2,17,18). The van der Waals surface area contributed by atoms with Crippen LogP contribution in [-0.2, 0) is 4.74 Å². The number of hydrogen-bond donors (Lipinski definition) is 2. The number of nitrogens with zero attached hydrogens (tertiary/aromatic N) is 2. The average Bonchev–Trinajstić information content (AvgIpc) is 3.32. The van der Waals surface area contributed by atoms with E-state index in [-0.39, 0.29) is 17.7 Å². The molecule has 0 aromatic heterocycles. The zero-order valence-electron chi connectivity index (χ0n) is 12.4. The summed E-state index contributed by atoms with van der Waals surface area (Å²) in [6, 6.07) is 4.90. The van der Waals surface area contributed by atoms with Crippen molar-refractivity contribution in [3.8, 4) is 0 Å². The fourth-order valence-corrected chi connectivity index (χ4v) is 2.52. The number of benzene rings is 1. The Hall–Kier alpha value is -1.82. The third kappa shape index (κ3) is 3.64. The maximum Gasteiger partial charge on any atom is 0.170 e. The smallest absolute Gasteiger partial charge is 0.170 e.